The standard InChI is InChI=1S/C20H26N2O5/c1-2-9-26-19(23)12-22-21-11-16-15(17-7-8-18(16)27-17)10-13-3-5-14(6-4-13)20(24)25/h3-6,15-18H,2,7-12H2,1H3,(H,24,25). The van der Waals surface area contributed by atoms with Crippen molar-refractivity contribution >= 4 is 11.9 Å². The second-order valence-corrected chi connectivity index (χ2v) is 7.17. The number of aromatic carboxylic acids is 1. The maximum absolute atomic E-state index is 11.5. The Bertz CT molecular complexity index is 688. The lowest BCUT2D eigenvalue weighted by molar-refractivity contribution is -0.141. The molecule has 2 aliphatic heterocycles. The minimum Gasteiger partial charge on any atom is -0.478 e. The number of hydrogen-bond acceptors (Lipinski definition) is 6. The van der Waals surface area contributed by atoms with Crippen LogP contribution in [-0.4, -0.2) is 48.9 Å². The summed E-state index contributed by atoms with van der Waals surface area (Å²) in [5.41, 5.74) is 1.40. The molecule has 7 heteroatoms. The van der Waals surface area contributed by atoms with Crippen LogP contribution in [0.4, 0.5) is 0 Å². The monoisotopic (exact) mass is 374 g/mol. The molecule has 2 heterocycles. The Labute approximate surface area is 158 Å². The van der Waals surface area contributed by atoms with Crippen molar-refractivity contribution in [3.8, 4) is 0 Å². The molecule has 2 bridgehead atoms. The van der Waals surface area contributed by atoms with Gasteiger partial charge in [-0.1, -0.05) is 19.1 Å². The van der Waals surface area contributed by atoms with Gasteiger partial charge in [0.05, 0.1) is 30.9 Å². The number of benzene rings is 1. The lowest BCUT2D eigenvalue weighted by Crippen LogP contribution is -2.31. The summed E-state index contributed by atoms with van der Waals surface area (Å²) in [6.45, 7) is 2.86. The van der Waals surface area contributed by atoms with Crippen LogP contribution in [0.2, 0.25) is 0 Å². The fraction of sp³-hybridized carbons (Fsp3) is 0.600. The van der Waals surface area contributed by atoms with Crippen LogP contribution in [0.25, 0.3) is 0 Å². The SMILES string of the molecule is CCCOC(=O)CN=NCC1C2CCC(O2)C1Cc1ccc(C(=O)O)cc1. The average molecular weight is 374 g/mol. The van der Waals surface area contributed by atoms with Gasteiger partial charge >= 0.3 is 11.9 Å². The summed E-state index contributed by atoms with van der Waals surface area (Å²) in [5, 5.41) is 17.2. The molecule has 3 rings (SSSR count). The van der Waals surface area contributed by atoms with Gasteiger partial charge in [-0.25, -0.2) is 9.59 Å². The minimum absolute atomic E-state index is 0.0387. The smallest absolute Gasteiger partial charge is 0.335 e. The number of nitrogens with zero attached hydrogens (tertiary/aromatic N) is 2. The largest absolute Gasteiger partial charge is 0.478 e. The van der Waals surface area contributed by atoms with Gasteiger partial charge in [-0.15, -0.1) is 0 Å². The van der Waals surface area contributed by atoms with Crippen LogP contribution >= 0.6 is 0 Å². The quantitative estimate of drug-likeness (QED) is 0.529. The molecule has 2 aliphatic rings. The van der Waals surface area contributed by atoms with E-state index in [9.17, 15) is 9.59 Å². The van der Waals surface area contributed by atoms with Crippen molar-refractivity contribution in [1.29, 1.82) is 0 Å². The summed E-state index contributed by atoms with van der Waals surface area (Å²) in [7, 11) is 0. The van der Waals surface area contributed by atoms with Gasteiger partial charge in [-0.05, 0) is 49.3 Å². The molecule has 4 atom stereocenters. The number of carboxylic acid groups (broad SMARTS) is 1. The molecule has 1 aromatic rings. The van der Waals surface area contributed by atoms with Gasteiger partial charge < -0.3 is 14.6 Å². The van der Waals surface area contributed by atoms with Crippen molar-refractivity contribution in [2.24, 2.45) is 22.1 Å². The van der Waals surface area contributed by atoms with Crippen LogP contribution in [0.3, 0.4) is 0 Å². The molecule has 0 radical (unpaired) electrons. The van der Waals surface area contributed by atoms with E-state index in [-0.39, 0.29) is 30.6 Å². The van der Waals surface area contributed by atoms with E-state index in [1.54, 1.807) is 12.1 Å². The van der Waals surface area contributed by atoms with Gasteiger partial charge in [0, 0.05) is 5.92 Å². The van der Waals surface area contributed by atoms with E-state index >= 15 is 0 Å². The molecule has 1 N–H and O–H groups in total. The zero-order valence-electron chi connectivity index (χ0n) is 15.5. The number of azo groups is 1. The Hall–Kier alpha value is -2.28. The molecule has 0 aromatic heterocycles. The Kier molecular flexibility index (Phi) is 6.55. The van der Waals surface area contributed by atoms with E-state index in [1.807, 2.05) is 19.1 Å². The van der Waals surface area contributed by atoms with Crippen LogP contribution in [0.1, 0.15) is 42.1 Å². The van der Waals surface area contributed by atoms with Crippen LogP contribution in [0.5, 0.6) is 0 Å². The number of esters is 1. The molecule has 0 saturated carbocycles. The highest BCUT2D eigenvalue weighted by atomic mass is 16.5. The number of carbonyl (C=O) groups excluding carboxylic acids is 1. The molecule has 0 aliphatic carbocycles. The van der Waals surface area contributed by atoms with Crippen molar-refractivity contribution in [2.75, 3.05) is 19.7 Å². The Balaban J connectivity index is 1.55. The molecule has 2 saturated heterocycles. The van der Waals surface area contributed by atoms with Crippen molar-refractivity contribution < 1.29 is 24.2 Å². The fourth-order valence-corrected chi connectivity index (χ4v) is 3.98. The first-order chi connectivity index (χ1) is 13.1. The molecule has 7 nitrogen and oxygen atoms in total. The maximum Gasteiger partial charge on any atom is 0.335 e. The highest BCUT2D eigenvalue weighted by Gasteiger charge is 2.48. The molecule has 1 aromatic carbocycles. The molecule has 0 spiro atoms. The summed E-state index contributed by atoms with van der Waals surface area (Å²) in [5.74, 6) is -0.649. The lowest BCUT2D eigenvalue weighted by atomic mass is 9.76. The number of carbonyl (C=O) groups is 2. The van der Waals surface area contributed by atoms with Crippen molar-refractivity contribution in [3.05, 3.63) is 35.4 Å². The zero-order valence-corrected chi connectivity index (χ0v) is 15.5. The third kappa shape index (κ3) is 4.91. The molecule has 0 amide bonds. The zero-order chi connectivity index (χ0) is 19.2. The second-order valence-electron chi connectivity index (χ2n) is 7.17. The summed E-state index contributed by atoms with van der Waals surface area (Å²) in [6, 6.07) is 7.03. The van der Waals surface area contributed by atoms with Crippen LogP contribution in [0, 0.1) is 11.8 Å². The van der Waals surface area contributed by atoms with E-state index in [0.717, 1.165) is 31.2 Å². The predicted molar refractivity (Wildman–Crippen MR) is 97.8 cm³/mol. The molecular formula is C20H26N2O5. The van der Waals surface area contributed by atoms with Crippen molar-refractivity contribution in [1.82, 2.24) is 0 Å². The van der Waals surface area contributed by atoms with Crippen LogP contribution in [0.15, 0.2) is 34.5 Å². The number of carboxylic acids is 1. The first kappa shape index (κ1) is 19.5. The first-order valence-electron chi connectivity index (χ1n) is 9.55. The predicted octanol–water partition coefficient (Wildman–Crippen LogP) is 3.13. The number of rotatable bonds is 9. The van der Waals surface area contributed by atoms with E-state index in [1.165, 1.54) is 0 Å². The average Bonchev–Trinajstić information content (AvgIpc) is 3.26. The molecule has 146 valence electrons. The van der Waals surface area contributed by atoms with Gasteiger partial charge in [0.1, 0.15) is 0 Å². The summed E-state index contributed by atoms with van der Waals surface area (Å²) >= 11 is 0. The highest BCUT2D eigenvalue weighted by molar-refractivity contribution is 5.87. The number of hydrogen-bond donors (Lipinski definition) is 1. The fourth-order valence-electron chi connectivity index (χ4n) is 3.98. The van der Waals surface area contributed by atoms with Crippen LogP contribution in [-0.2, 0) is 20.7 Å². The third-order valence-corrected chi connectivity index (χ3v) is 5.32. The summed E-state index contributed by atoms with van der Waals surface area (Å²) < 4.78 is 11.1. The molecular weight excluding hydrogens is 348 g/mol. The lowest BCUT2D eigenvalue weighted by Gasteiger charge is -2.26. The van der Waals surface area contributed by atoms with E-state index in [2.05, 4.69) is 10.2 Å². The number of fused-ring (bicyclic) bond motifs is 2. The molecule has 2 fully saturated rings. The van der Waals surface area contributed by atoms with E-state index < -0.39 is 5.97 Å². The van der Waals surface area contributed by atoms with Gasteiger partial charge in [0.15, 0.2) is 6.54 Å². The maximum atomic E-state index is 11.5. The summed E-state index contributed by atoms with van der Waals surface area (Å²) in [6.07, 6.45) is 4.14. The van der Waals surface area contributed by atoms with Crippen molar-refractivity contribution in [3.63, 3.8) is 0 Å². The highest BCUT2D eigenvalue weighted by Crippen LogP contribution is 2.45. The number of ether oxygens (including phenoxy) is 2. The van der Waals surface area contributed by atoms with E-state index in [0.29, 0.717) is 24.6 Å². The Morgan fingerprint density at radius 2 is 1.85 bits per heavy atom. The van der Waals surface area contributed by atoms with Gasteiger partial charge in [-0.2, -0.15) is 10.2 Å². The topological polar surface area (TPSA) is 97.5 Å². The second kappa shape index (κ2) is 9.08. The Morgan fingerprint density at radius 3 is 2.52 bits per heavy atom. The van der Waals surface area contributed by atoms with Crippen molar-refractivity contribution in [2.45, 2.75) is 44.8 Å². The van der Waals surface area contributed by atoms with E-state index in [4.69, 9.17) is 14.6 Å². The molecule has 27 heavy (non-hydrogen) atoms. The first-order valence-corrected chi connectivity index (χ1v) is 9.55. The van der Waals surface area contributed by atoms with Gasteiger partial charge in [-0.3, -0.25) is 0 Å². The van der Waals surface area contributed by atoms with Crippen LogP contribution < -0.4 is 0 Å². The minimum atomic E-state index is -0.916. The van der Waals surface area contributed by atoms with Gasteiger partial charge in [0.25, 0.3) is 0 Å². The molecule has 4 unspecified atom stereocenters. The summed E-state index contributed by atoms with van der Waals surface area (Å²) in [4.78, 5) is 22.5. The third-order valence-electron chi connectivity index (χ3n) is 5.32. The normalized spacial score (nSPS) is 26.6. The Morgan fingerprint density at radius 1 is 1.15 bits per heavy atom. The van der Waals surface area contributed by atoms with Gasteiger partial charge in [0.2, 0.25) is 0 Å².